The Morgan fingerprint density at radius 3 is 2.71 bits per heavy atom. The number of piperidine rings is 1. The van der Waals surface area contributed by atoms with Crippen molar-refractivity contribution in [2.45, 2.75) is 62.6 Å². The molecule has 1 aliphatic carbocycles. The highest BCUT2D eigenvalue weighted by Crippen LogP contribution is 2.39. The summed E-state index contributed by atoms with van der Waals surface area (Å²) in [5.41, 5.74) is 6.49. The average molecular weight is 237 g/mol. The third kappa shape index (κ3) is 1.92. The molecule has 1 saturated carbocycles. The average Bonchev–Trinajstić information content (AvgIpc) is 2.72. The molecule has 2 saturated heterocycles. The van der Waals surface area contributed by atoms with Crippen LogP contribution in [0.15, 0.2) is 0 Å². The molecule has 3 aliphatic rings. The summed E-state index contributed by atoms with van der Waals surface area (Å²) in [6.07, 6.45) is 9.62. The van der Waals surface area contributed by atoms with Gasteiger partial charge >= 0.3 is 0 Å². The molecule has 0 aromatic heterocycles. The second-order valence-corrected chi connectivity index (χ2v) is 6.41. The lowest BCUT2D eigenvalue weighted by atomic mass is 9.78. The molecule has 3 rings (SSSR count). The monoisotopic (exact) mass is 237 g/mol. The number of hydrogen-bond acceptors (Lipinski definition) is 3. The van der Waals surface area contributed by atoms with Gasteiger partial charge in [-0.15, -0.1) is 0 Å². The van der Waals surface area contributed by atoms with E-state index in [1.54, 1.807) is 0 Å². The lowest BCUT2D eigenvalue weighted by Gasteiger charge is -2.53. The maximum absolute atomic E-state index is 6.18. The van der Waals surface area contributed by atoms with Crippen LogP contribution in [0.3, 0.4) is 0 Å². The van der Waals surface area contributed by atoms with E-state index in [0.29, 0.717) is 5.54 Å². The fourth-order valence-electron chi connectivity index (χ4n) is 4.12. The van der Waals surface area contributed by atoms with E-state index in [-0.39, 0.29) is 0 Å². The predicted molar refractivity (Wildman–Crippen MR) is 71.0 cm³/mol. The maximum Gasteiger partial charge on any atom is 0.0358 e. The van der Waals surface area contributed by atoms with Crippen LogP contribution in [0.4, 0.5) is 0 Å². The fraction of sp³-hybridized carbons (Fsp3) is 1.00. The van der Waals surface area contributed by atoms with E-state index < -0.39 is 0 Å². The Balaban J connectivity index is 1.72. The third-order valence-corrected chi connectivity index (χ3v) is 5.73. The van der Waals surface area contributed by atoms with E-state index in [1.807, 2.05) is 0 Å². The highest BCUT2D eigenvalue weighted by Gasteiger charge is 2.45. The molecule has 3 heteroatoms. The Hall–Kier alpha value is -0.120. The van der Waals surface area contributed by atoms with Crippen molar-refractivity contribution in [1.29, 1.82) is 0 Å². The molecule has 2 aliphatic heterocycles. The Bertz CT molecular complexity index is 277. The van der Waals surface area contributed by atoms with Crippen LogP contribution in [-0.4, -0.2) is 54.1 Å². The van der Waals surface area contributed by atoms with Gasteiger partial charge in [-0.3, -0.25) is 4.90 Å². The lowest BCUT2D eigenvalue weighted by Crippen LogP contribution is -2.63. The topological polar surface area (TPSA) is 32.5 Å². The normalized spacial score (nSPS) is 39.4. The molecule has 3 nitrogen and oxygen atoms in total. The van der Waals surface area contributed by atoms with Crippen LogP contribution >= 0.6 is 0 Å². The predicted octanol–water partition coefficient (Wildman–Crippen LogP) is 1.43. The minimum absolute atomic E-state index is 0.316. The summed E-state index contributed by atoms with van der Waals surface area (Å²) in [6, 6.07) is 1.65. The van der Waals surface area contributed by atoms with Gasteiger partial charge in [0, 0.05) is 30.7 Å². The molecule has 2 unspecified atom stereocenters. The van der Waals surface area contributed by atoms with E-state index in [9.17, 15) is 0 Å². The van der Waals surface area contributed by atoms with E-state index >= 15 is 0 Å². The van der Waals surface area contributed by atoms with Gasteiger partial charge < -0.3 is 10.6 Å². The van der Waals surface area contributed by atoms with Crippen molar-refractivity contribution in [2.24, 2.45) is 5.73 Å². The van der Waals surface area contributed by atoms with Gasteiger partial charge in [-0.1, -0.05) is 6.42 Å². The minimum atomic E-state index is 0.316. The molecule has 2 N–H and O–H groups in total. The Kier molecular flexibility index (Phi) is 3.18. The SMILES string of the molecule is CN(C1CCC1)C1(CN)CCN2CCCC2C1. The van der Waals surface area contributed by atoms with Crippen LogP contribution in [0.5, 0.6) is 0 Å². The Morgan fingerprint density at radius 2 is 2.06 bits per heavy atom. The van der Waals surface area contributed by atoms with Gasteiger partial charge in [0.25, 0.3) is 0 Å². The molecule has 98 valence electrons. The first-order valence-corrected chi connectivity index (χ1v) is 7.42. The van der Waals surface area contributed by atoms with Crippen molar-refractivity contribution in [3.05, 3.63) is 0 Å². The highest BCUT2D eigenvalue weighted by molar-refractivity contribution is 5.03. The number of hydrogen-bond donors (Lipinski definition) is 1. The zero-order valence-corrected chi connectivity index (χ0v) is 11.2. The molecule has 0 radical (unpaired) electrons. The van der Waals surface area contributed by atoms with E-state index in [1.165, 1.54) is 58.0 Å². The van der Waals surface area contributed by atoms with Crippen molar-refractivity contribution < 1.29 is 0 Å². The number of nitrogens with zero attached hydrogens (tertiary/aromatic N) is 2. The number of nitrogens with two attached hydrogens (primary N) is 1. The van der Waals surface area contributed by atoms with Gasteiger partial charge in [0.1, 0.15) is 0 Å². The Labute approximate surface area is 105 Å². The zero-order chi connectivity index (χ0) is 11.9. The number of fused-ring (bicyclic) bond motifs is 1. The van der Waals surface area contributed by atoms with Crippen molar-refractivity contribution in [3.8, 4) is 0 Å². The van der Waals surface area contributed by atoms with E-state index in [0.717, 1.165) is 18.6 Å². The van der Waals surface area contributed by atoms with Crippen LogP contribution in [0.25, 0.3) is 0 Å². The van der Waals surface area contributed by atoms with Crippen LogP contribution in [0, 0.1) is 0 Å². The first-order valence-electron chi connectivity index (χ1n) is 7.42. The Morgan fingerprint density at radius 1 is 1.24 bits per heavy atom. The summed E-state index contributed by atoms with van der Waals surface area (Å²) in [7, 11) is 2.33. The molecule has 0 aromatic carbocycles. The molecule has 2 heterocycles. The van der Waals surface area contributed by atoms with Crippen molar-refractivity contribution in [2.75, 3.05) is 26.7 Å². The molecule has 0 aromatic rings. The summed E-state index contributed by atoms with van der Waals surface area (Å²) >= 11 is 0. The summed E-state index contributed by atoms with van der Waals surface area (Å²) in [5, 5.41) is 0. The highest BCUT2D eigenvalue weighted by atomic mass is 15.3. The fourth-order valence-corrected chi connectivity index (χ4v) is 4.12. The van der Waals surface area contributed by atoms with Crippen LogP contribution in [-0.2, 0) is 0 Å². The van der Waals surface area contributed by atoms with E-state index in [4.69, 9.17) is 5.73 Å². The van der Waals surface area contributed by atoms with Crippen molar-refractivity contribution >= 4 is 0 Å². The van der Waals surface area contributed by atoms with Crippen LogP contribution in [0.2, 0.25) is 0 Å². The first kappa shape index (κ1) is 11.9. The van der Waals surface area contributed by atoms with Gasteiger partial charge in [0.2, 0.25) is 0 Å². The second kappa shape index (κ2) is 4.52. The zero-order valence-electron chi connectivity index (χ0n) is 11.2. The number of rotatable bonds is 3. The molecule has 0 amide bonds. The summed E-state index contributed by atoms with van der Waals surface area (Å²) < 4.78 is 0. The molecule has 0 spiro atoms. The van der Waals surface area contributed by atoms with Gasteiger partial charge in [-0.05, 0) is 52.1 Å². The van der Waals surface area contributed by atoms with Crippen LogP contribution < -0.4 is 5.73 Å². The molecular weight excluding hydrogens is 210 g/mol. The standard InChI is InChI=1S/C14H27N3/c1-16(12-4-2-5-12)14(11-15)7-9-17-8-3-6-13(17)10-14/h12-13H,2-11,15H2,1H3. The first-order chi connectivity index (χ1) is 8.25. The molecular formula is C14H27N3. The summed E-state index contributed by atoms with van der Waals surface area (Å²) in [4.78, 5) is 5.36. The quantitative estimate of drug-likeness (QED) is 0.806. The van der Waals surface area contributed by atoms with E-state index in [2.05, 4.69) is 16.8 Å². The number of likely N-dealkylation sites (N-methyl/N-ethyl adjacent to an activating group) is 1. The van der Waals surface area contributed by atoms with Crippen molar-refractivity contribution in [3.63, 3.8) is 0 Å². The largest absolute Gasteiger partial charge is 0.329 e. The molecule has 2 atom stereocenters. The van der Waals surface area contributed by atoms with Crippen molar-refractivity contribution in [1.82, 2.24) is 9.80 Å². The van der Waals surface area contributed by atoms with Crippen LogP contribution in [0.1, 0.15) is 44.9 Å². The van der Waals surface area contributed by atoms with Gasteiger partial charge in [0.05, 0.1) is 0 Å². The molecule has 0 bridgehead atoms. The molecule has 3 fully saturated rings. The van der Waals surface area contributed by atoms with Gasteiger partial charge in [-0.25, -0.2) is 0 Å². The lowest BCUT2D eigenvalue weighted by molar-refractivity contribution is -0.0194. The third-order valence-electron chi connectivity index (χ3n) is 5.73. The minimum Gasteiger partial charge on any atom is -0.329 e. The smallest absolute Gasteiger partial charge is 0.0358 e. The summed E-state index contributed by atoms with van der Waals surface area (Å²) in [6.45, 7) is 3.46. The summed E-state index contributed by atoms with van der Waals surface area (Å²) in [5.74, 6) is 0. The maximum atomic E-state index is 6.18. The second-order valence-electron chi connectivity index (χ2n) is 6.41. The molecule has 17 heavy (non-hydrogen) atoms. The van der Waals surface area contributed by atoms with Gasteiger partial charge in [-0.2, -0.15) is 0 Å². The van der Waals surface area contributed by atoms with Gasteiger partial charge in [0.15, 0.2) is 0 Å².